The second kappa shape index (κ2) is 5.75. The highest BCUT2D eigenvalue weighted by Gasteiger charge is 2.14. The third-order valence-electron chi connectivity index (χ3n) is 2.13. The van der Waals surface area contributed by atoms with Crippen LogP contribution in [0.3, 0.4) is 0 Å². The molecule has 3 heteroatoms. The Hall–Kier alpha value is -1.04. The van der Waals surface area contributed by atoms with E-state index in [9.17, 15) is 4.39 Å². The quantitative estimate of drug-likeness (QED) is 0.785. The summed E-state index contributed by atoms with van der Waals surface area (Å²) < 4.78 is 13.4. The lowest BCUT2D eigenvalue weighted by atomic mass is 10.0. The van der Waals surface area contributed by atoms with Crippen molar-refractivity contribution in [3.8, 4) is 11.8 Å². The Labute approximate surface area is 94.4 Å². The SMILES string of the molecule is CC#CCCC(N)c1c(F)cccc1Cl. The van der Waals surface area contributed by atoms with Gasteiger partial charge in [-0.25, -0.2) is 4.39 Å². The topological polar surface area (TPSA) is 26.0 Å². The first-order valence-corrected chi connectivity index (χ1v) is 5.13. The standard InChI is InChI=1S/C12H13ClFN/c1-2-3-4-8-11(15)12-9(13)6-5-7-10(12)14/h5-7,11H,4,8,15H2,1H3. The maximum absolute atomic E-state index is 13.4. The maximum atomic E-state index is 13.4. The molecule has 1 unspecified atom stereocenters. The number of hydrogen-bond acceptors (Lipinski definition) is 1. The molecule has 1 atom stereocenters. The lowest BCUT2D eigenvalue weighted by molar-refractivity contribution is 0.568. The molecule has 0 amide bonds. The fourth-order valence-electron chi connectivity index (χ4n) is 1.36. The molecular weight excluding hydrogens is 213 g/mol. The fraction of sp³-hybridized carbons (Fsp3) is 0.333. The van der Waals surface area contributed by atoms with E-state index in [4.69, 9.17) is 17.3 Å². The van der Waals surface area contributed by atoms with E-state index in [2.05, 4.69) is 11.8 Å². The van der Waals surface area contributed by atoms with E-state index in [-0.39, 0.29) is 11.9 Å². The highest BCUT2D eigenvalue weighted by molar-refractivity contribution is 6.31. The van der Waals surface area contributed by atoms with Gasteiger partial charge >= 0.3 is 0 Å². The summed E-state index contributed by atoms with van der Waals surface area (Å²) in [6.07, 6.45) is 1.27. The van der Waals surface area contributed by atoms with Gasteiger partial charge in [0.25, 0.3) is 0 Å². The summed E-state index contributed by atoms with van der Waals surface area (Å²) in [5.74, 6) is 5.32. The van der Waals surface area contributed by atoms with Crippen LogP contribution < -0.4 is 5.73 Å². The molecule has 15 heavy (non-hydrogen) atoms. The first-order valence-electron chi connectivity index (χ1n) is 4.76. The summed E-state index contributed by atoms with van der Waals surface area (Å²) in [6.45, 7) is 1.77. The van der Waals surface area contributed by atoms with Gasteiger partial charge in [0.05, 0.1) is 0 Å². The molecule has 0 bridgehead atoms. The zero-order valence-electron chi connectivity index (χ0n) is 8.56. The molecule has 1 aromatic rings. The number of rotatable bonds is 3. The van der Waals surface area contributed by atoms with Crippen LogP contribution in [0.1, 0.15) is 31.4 Å². The minimum absolute atomic E-state index is 0.348. The third-order valence-corrected chi connectivity index (χ3v) is 2.46. The van der Waals surface area contributed by atoms with Crippen molar-refractivity contribution in [2.45, 2.75) is 25.8 Å². The van der Waals surface area contributed by atoms with Crippen molar-refractivity contribution in [3.05, 3.63) is 34.6 Å². The number of nitrogens with two attached hydrogens (primary N) is 1. The number of hydrogen-bond donors (Lipinski definition) is 1. The third kappa shape index (κ3) is 3.23. The Morgan fingerprint density at radius 2 is 2.27 bits per heavy atom. The summed E-state index contributed by atoms with van der Waals surface area (Å²) in [4.78, 5) is 0. The molecule has 0 heterocycles. The summed E-state index contributed by atoms with van der Waals surface area (Å²) in [7, 11) is 0. The Bertz CT molecular complexity index is 372. The van der Waals surface area contributed by atoms with Crippen molar-refractivity contribution in [1.82, 2.24) is 0 Å². The van der Waals surface area contributed by atoms with Crippen molar-refractivity contribution in [1.29, 1.82) is 0 Å². The van der Waals surface area contributed by atoms with Crippen LogP contribution in [-0.4, -0.2) is 0 Å². The second-order valence-electron chi connectivity index (χ2n) is 3.21. The lowest BCUT2D eigenvalue weighted by Crippen LogP contribution is -2.12. The molecule has 2 N–H and O–H groups in total. The Balaban J connectivity index is 2.79. The van der Waals surface area contributed by atoms with E-state index in [1.54, 1.807) is 19.1 Å². The van der Waals surface area contributed by atoms with Gasteiger partial charge in [-0.05, 0) is 25.5 Å². The summed E-state index contributed by atoms with van der Waals surface area (Å²) >= 11 is 5.88. The predicted molar refractivity (Wildman–Crippen MR) is 61.0 cm³/mol. The molecule has 1 aromatic carbocycles. The van der Waals surface area contributed by atoms with E-state index in [0.717, 1.165) is 0 Å². The molecule has 0 aliphatic rings. The van der Waals surface area contributed by atoms with Crippen molar-refractivity contribution in [3.63, 3.8) is 0 Å². The highest BCUT2D eigenvalue weighted by Crippen LogP contribution is 2.26. The molecule has 0 aromatic heterocycles. The normalized spacial score (nSPS) is 11.7. The van der Waals surface area contributed by atoms with Crippen molar-refractivity contribution in [2.24, 2.45) is 5.73 Å². The molecule has 0 spiro atoms. The minimum Gasteiger partial charge on any atom is -0.324 e. The fourth-order valence-corrected chi connectivity index (χ4v) is 1.67. The molecule has 1 nitrogen and oxygen atoms in total. The van der Waals surface area contributed by atoms with Crippen molar-refractivity contribution < 1.29 is 4.39 Å². The lowest BCUT2D eigenvalue weighted by Gasteiger charge is -2.12. The van der Waals surface area contributed by atoms with Gasteiger partial charge in [-0.3, -0.25) is 0 Å². The van der Waals surface area contributed by atoms with Crippen LogP contribution in [0.4, 0.5) is 4.39 Å². The molecule has 0 fully saturated rings. The highest BCUT2D eigenvalue weighted by atomic mass is 35.5. The van der Waals surface area contributed by atoms with Crippen LogP contribution in [0.15, 0.2) is 18.2 Å². The van der Waals surface area contributed by atoms with Gasteiger partial charge in [0.1, 0.15) is 5.82 Å². The Kier molecular flexibility index (Phi) is 4.61. The largest absolute Gasteiger partial charge is 0.324 e. The first kappa shape index (κ1) is 12.0. The molecular formula is C12H13ClFN. The van der Waals surface area contributed by atoms with Gasteiger partial charge in [0.2, 0.25) is 0 Å². The van der Waals surface area contributed by atoms with Crippen LogP contribution >= 0.6 is 11.6 Å². The van der Waals surface area contributed by atoms with Gasteiger partial charge in [-0.1, -0.05) is 17.7 Å². The van der Waals surface area contributed by atoms with Crippen LogP contribution in [0, 0.1) is 17.7 Å². The first-order chi connectivity index (χ1) is 7.16. The molecule has 0 radical (unpaired) electrons. The van der Waals surface area contributed by atoms with Crippen LogP contribution in [0.25, 0.3) is 0 Å². The van der Waals surface area contributed by atoms with E-state index in [1.807, 2.05) is 0 Å². The van der Waals surface area contributed by atoms with Gasteiger partial charge in [-0.15, -0.1) is 11.8 Å². The zero-order valence-corrected chi connectivity index (χ0v) is 9.31. The van der Waals surface area contributed by atoms with Crippen molar-refractivity contribution in [2.75, 3.05) is 0 Å². The maximum Gasteiger partial charge on any atom is 0.129 e. The molecule has 0 aliphatic heterocycles. The molecule has 0 aliphatic carbocycles. The van der Waals surface area contributed by atoms with E-state index < -0.39 is 0 Å². The predicted octanol–water partition coefficient (Wildman–Crippen LogP) is 3.28. The Morgan fingerprint density at radius 3 is 2.87 bits per heavy atom. The molecule has 80 valence electrons. The zero-order chi connectivity index (χ0) is 11.3. The van der Waals surface area contributed by atoms with Gasteiger partial charge in [0, 0.05) is 23.0 Å². The monoisotopic (exact) mass is 225 g/mol. The molecule has 1 rings (SSSR count). The van der Waals surface area contributed by atoms with Crippen LogP contribution in [0.2, 0.25) is 5.02 Å². The average molecular weight is 226 g/mol. The average Bonchev–Trinajstić information content (AvgIpc) is 2.18. The minimum atomic E-state index is -0.389. The van der Waals surface area contributed by atoms with E-state index in [1.165, 1.54) is 6.07 Å². The molecule has 0 saturated heterocycles. The summed E-state index contributed by atoms with van der Waals surface area (Å²) in [5, 5.41) is 0.381. The second-order valence-corrected chi connectivity index (χ2v) is 3.61. The molecule has 0 saturated carbocycles. The van der Waals surface area contributed by atoms with E-state index in [0.29, 0.717) is 23.4 Å². The van der Waals surface area contributed by atoms with Crippen LogP contribution in [0.5, 0.6) is 0 Å². The van der Waals surface area contributed by atoms with Gasteiger partial charge in [-0.2, -0.15) is 0 Å². The summed E-state index contributed by atoms with van der Waals surface area (Å²) in [5.41, 5.74) is 6.23. The smallest absolute Gasteiger partial charge is 0.129 e. The Morgan fingerprint density at radius 1 is 1.53 bits per heavy atom. The number of benzene rings is 1. The van der Waals surface area contributed by atoms with Crippen molar-refractivity contribution >= 4 is 11.6 Å². The van der Waals surface area contributed by atoms with Gasteiger partial charge in [0.15, 0.2) is 0 Å². The number of halogens is 2. The van der Waals surface area contributed by atoms with Gasteiger partial charge < -0.3 is 5.73 Å². The summed E-state index contributed by atoms with van der Waals surface area (Å²) in [6, 6.07) is 4.19. The van der Waals surface area contributed by atoms with Crippen LogP contribution in [-0.2, 0) is 0 Å². The van der Waals surface area contributed by atoms with E-state index >= 15 is 0 Å².